The molecule has 0 aromatic heterocycles. The smallest absolute Gasteiger partial charge is 0.161 e. The minimum atomic E-state index is 0.735. The number of hydrogen-bond acceptors (Lipinski definition) is 3. The van der Waals surface area contributed by atoms with E-state index in [0.717, 1.165) is 50.1 Å². The summed E-state index contributed by atoms with van der Waals surface area (Å²) in [6.07, 6.45) is 8.92. The fourth-order valence-corrected chi connectivity index (χ4v) is 2.77. The SMILES string of the molecule is CCCOc1ccccc1OCCCNC1CCCCC1. The third-order valence-corrected chi connectivity index (χ3v) is 3.93. The van der Waals surface area contributed by atoms with Crippen molar-refractivity contribution in [3.63, 3.8) is 0 Å². The van der Waals surface area contributed by atoms with E-state index in [1.165, 1.54) is 32.1 Å². The maximum Gasteiger partial charge on any atom is 0.161 e. The van der Waals surface area contributed by atoms with Gasteiger partial charge in [-0.05, 0) is 44.4 Å². The van der Waals surface area contributed by atoms with Crippen LogP contribution in [0.1, 0.15) is 51.9 Å². The average Bonchev–Trinajstić information content (AvgIpc) is 2.54. The Morgan fingerprint density at radius 1 is 1.00 bits per heavy atom. The van der Waals surface area contributed by atoms with E-state index in [2.05, 4.69) is 12.2 Å². The second kappa shape index (κ2) is 9.67. The summed E-state index contributed by atoms with van der Waals surface area (Å²) in [6, 6.07) is 8.68. The van der Waals surface area contributed by atoms with Crippen molar-refractivity contribution >= 4 is 0 Å². The lowest BCUT2D eigenvalue weighted by atomic mass is 9.95. The molecule has 0 aliphatic heterocycles. The molecule has 0 radical (unpaired) electrons. The minimum absolute atomic E-state index is 0.735. The van der Waals surface area contributed by atoms with Gasteiger partial charge in [-0.2, -0.15) is 0 Å². The normalized spacial score (nSPS) is 15.9. The number of nitrogens with one attached hydrogen (secondary N) is 1. The molecule has 3 nitrogen and oxygen atoms in total. The lowest BCUT2D eigenvalue weighted by Gasteiger charge is -2.22. The van der Waals surface area contributed by atoms with Gasteiger partial charge in [0.25, 0.3) is 0 Å². The number of hydrogen-bond donors (Lipinski definition) is 1. The average molecular weight is 291 g/mol. The highest BCUT2D eigenvalue weighted by Crippen LogP contribution is 2.26. The molecular formula is C18H29NO2. The molecule has 1 saturated carbocycles. The maximum atomic E-state index is 5.86. The van der Waals surface area contributed by atoms with E-state index in [0.29, 0.717) is 0 Å². The molecule has 21 heavy (non-hydrogen) atoms. The monoisotopic (exact) mass is 291 g/mol. The predicted octanol–water partition coefficient (Wildman–Crippen LogP) is 4.17. The first-order valence-corrected chi connectivity index (χ1v) is 8.48. The van der Waals surface area contributed by atoms with Crippen molar-refractivity contribution in [2.45, 2.75) is 57.9 Å². The summed E-state index contributed by atoms with van der Waals surface area (Å²) in [5, 5.41) is 3.65. The lowest BCUT2D eigenvalue weighted by molar-refractivity contribution is 0.261. The maximum absolute atomic E-state index is 5.86. The Bertz CT molecular complexity index is 389. The molecule has 3 heteroatoms. The van der Waals surface area contributed by atoms with Crippen LogP contribution < -0.4 is 14.8 Å². The molecule has 0 saturated heterocycles. The molecule has 0 unspecified atom stereocenters. The van der Waals surface area contributed by atoms with E-state index in [-0.39, 0.29) is 0 Å². The summed E-state index contributed by atoms with van der Waals surface area (Å²) >= 11 is 0. The Labute approximate surface area is 129 Å². The molecule has 118 valence electrons. The summed E-state index contributed by atoms with van der Waals surface area (Å²) in [4.78, 5) is 0. The molecule has 1 aliphatic rings. The highest BCUT2D eigenvalue weighted by atomic mass is 16.5. The van der Waals surface area contributed by atoms with E-state index >= 15 is 0 Å². The zero-order valence-corrected chi connectivity index (χ0v) is 13.3. The summed E-state index contributed by atoms with van der Waals surface area (Å²) < 4.78 is 11.6. The fraction of sp³-hybridized carbons (Fsp3) is 0.667. The number of benzene rings is 1. The first-order valence-electron chi connectivity index (χ1n) is 8.48. The van der Waals surface area contributed by atoms with Crippen molar-refractivity contribution in [3.05, 3.63) is 24.3 Å². The third kappa shape index (κ3) is 5.96. The first kappa shape index (κ1) is 16.2. The van der Waals surface area contributed by atoms with Crippen LogP contribution >= 0.6 is 0 Å². The minimum Gasteiger partial charge on any atom is -0.490 e. The molecule has 0 bridgehead atoms. The van der Waals surface area contributed by atoms with Crippen LogP contribution in [0, 0.1) is 0 Å². The lowest BCUT2D eigenvalue weighted by Crippen LogP contribution is -2.32. The molecule has 2 rings (SSSR count). The van der Waals surface area contributed by atoms with Crippen LogP contribution in [0.3, 0.4) is 0 Å². The molecule has 1 N–H and O–H groups in total. The van der Waals surface area contributed by atoms with Gasteiger partial charge in [0.2, 0.25) is 0 Å². The highest BCUT2D eigenvalue weighted by Gasteiger charge is 2.11. The van der Waals surface area contributed by atoms with Gasteiger partial charge < -0.3 is 14.8 Å². The van der Waals surface area contributed by atoms with Crippen molar-refractivity contribution < 1.29 is 9.47 Å². The van der Waals surface area contributed by atoms with Gasteiger partial charge in [-0.1, -0.05) is 38.3 Å². The third-order valence-electron chi connectivity index (χ3n) is 3.93. The molecule has 0 heterocycles. The van der Waals surface area contributed by atoms with Gasteiger partial charge in [0.05, 0.1) is 13.2 Å². The van der Waals surface area contributed by atoms with Gasteiger partial charge in [-0.3, -0.25) is 0 Å². The van der Waals surface area contributed by atoms with Gasteiger partial charge in [0, 0.05) is 6.04 Å². The Kier molecular flexibility index (Phi) is 7.44. The standard InChI is InChI=1S/C18H29NO2/c1-2-14-20-17-11-6-7-12-18(17)21-15-8-13-19-16-9-4-3-5-10-16/h6-7,11-12,16,19H,2-5,8-10,13-15H2,1H3. The number of ether oxygens (including phenoxy) is 2. The molecule has 0 amide bonds. The highest BCUT2D eigenvalue weighted by molar-refractivity contribution is 5.39. The molecule has 1 aliphatic carbocycles. The van der Waals surface area contributed by atoms with Crippen LogP contribution in [0.2, 0.25) is 0 Å². The Morgan fingerprint density at radius 2 is 1.67 bits per heavy atom. The topological polar surface area (TPSA) is 30.5 Å². The Hall–Kier alpha value is -1.22. The van der Waals surface area contributed by atoms with E-state index in [9.17, 15) is 0 Å². The summed E-state index contributed by atoms with van der Waals surface area (Å²) in [5.41, 5.74) is 0. The van der Waals surface area contributed by atoms with Crippen molar-refractivity contribution in [3.8, 4) is 11.5 Å². The molecule has 1 aromatic rings. The predicted molar refractivity (Wildman–Crippen MR) is 87.2 cm³/mol. The van der Waals surface area contributed by atoms with Crippen molar-refractivity contribution in [1.29, 1.82) is 0 Å². The van der Waals surface area contributed by atoms with Gasteiger partial charge in [0.1, 0.15) is 0 Å². The van der Waals surface area contributed by atoms with E-state index < -0.39 is 0 Å². The van der Waals surface area contributed by atoms with Crippen LogP contribution in [-0.4, -0.2) is 25.8 Å². The molecule has 1 aromatic carbocycles. The second-order valence-electron chi connectivity index (χ2n) is 5.79. The number of para-hydroxylation sites is 2. The quantitative estimate of drug-likeness (QED) is 0.693. The Morgan fingerprint density at radius 3 is 2.33 bits per heavy atom. The molecule has 0 spiro atoms. The zero-order chi connectivity index (χ0) is 14.8. The van der Waals surface area contributed by atoms with E-state index in [4.69, 9.17) is 9.47 Å². The Balaban J connectivity index is 1.63. The van der Waals surface area contributed by atoms with Gasteiger partial charge in [-0.15, -0.1) is 0 Å². The van der Waals surface area contributed by atoms with Crippen LogP contribution in [0.25, 0.3) is 0 Å². The van der Waals surface area contributed by atoms with Crippen LogP contribution in [-0.2, 0) is 0 Å². The fourth-order valence-electron chi connectivity index (χ4n) is 2.77. The molecule has 0 atom stereocenters. The summed E-state index contributed by atoms with van der Waals surface area (Å²) in [5.74, 6) is 1.73. The molecule has 1 fully saturated rings. The van der Waals surface area contributed by atoms with Gasteiger partial charge >= 0.3 is 0 Å². The first-order chi connectivity index (χ1) is 10.4. The van der Waals surface area contributed by atoms with Crippen LogP contribution in [0.4, 0.5) is 0 Å². The summed E-state index contributed by atoms with van der Waals surface area (Å²) in [7, 11) is 0. The van der Waals surface area contributed by atoms with Gasteiger partial charge in [-0.25, -0.2) is 0 Å². The van der Waals surface area contributed by atoms with Crippen molar-refractivity contribution in [2.24, 2.45) is 0 Å². The van der Waals surface area contributed by atoms with Crippen LogP contribution in [0.15, 0.2) is 24.3 Å². The summed E-state index contributed by atoms with van der Waals surface area (Å²) in [6.45, 7) is 4.64. The van der Waals surface area contributed by atoms with Crippen LogP contribution in [0.5, 0.6) is 11.5 Å². The zero-order valence-electron chi connectivity index (χ0n) is 13.3. The van der Waals surface area contributed by atoms with E-state index in [1.807, 2.05) is 24.3 Å². The van der Waals surface area contributed by atoms with Crippen molar-refractivity contribution in [2.75, 3.05) is 19.8 Å². The second-order valence-corrected chi connectivity index (χ2v) is 5.79. The number of rotatable bonds is 9. The van der Waals surface area contributed by atoms with Gasteiger partial charge in [0.15, 0.2) is 11.5 Å². The largest absolute Gasteiger partial charge is 0.490 e. The van der Waals surface area contributed by atoms with Crippen molar-refractivity contribution in [1.82, 2.24) is 5.32 Å². The molecular weight excluding hydrogens is 262 g/mol. The van der Waals surface area contributed by atoms with E-state index in [1.54, 1.807) is 0 Å².